The lowest BCUT2D eigenvalue weighted by Gasteiger charge is -2.34. The number of nitrogens with zero attached hydrogens (tertiary/aromatic N) is 6. The van der Waals surface area contributed by atoms with E-state index in [2.05, 4.69) is 25.5 Å². The van der Waals surface area contributed by atoms with Crippen LogP contribution in [0.3, 0.4) is 0 Å². The zero-order valence-corrected chi connectivity index (χ0v) is 19.5. The number of hydrogen-bond acceptors (Lipinski definition) is 5. The van der Waals surface area contributed by atoms with Gasteiger partial charge in [-0.15, -0.1) is 0 Å². The van der Waals surface area contributed by atoms with Crippen LogP contribution in [0.2, 0.25) is 5.02 Å². The third kappa shape index (κ3) is 4.17. The minimum absolute atomic E-state index is 0.0684. The molecule has 2 aliphatic rings. The summed E-state index contributed by atoms with van der Waals surface area (Å²) in [7, 11) is 0. The number of piperazine rings is 1. The molecule has 0 radical (unpaired) electrons. The first kappa shape index (κ1) is 21.3. The van der Waals surface area contributed by atoms with Gasteiger partial charge in [-0.05, 0) is 37.1 Å². The van der Waals surface area contributed by atoms with Crippen molar-refractivity contribution >= 4 is 23.2 Å². The van der Waals surface area contributed by atoms with Crippen molar-refractivity contribution in [2.24, 2.45) is 0 Å². The summed E-state index contributed by atoms with van der Waals surface area (Å²) in [5.74, 6) is 0.639. The molecule has 1 saturated carbocycles. The van der Waals surface area contributed by atoms with Gasteiger partial charge in [0.05, 0.1) is 23.3 Å². The Kier molecular flexibility index (Phi) is 5.51. The van der Waals surface area contributed by atoms with E-state index in [1.165, 1.54) is 12.8 Å². The number of fused-ring (bicyclic) bond motifs is 1. The van der Waals surface area contributed by atoms with Gasteiger partial charge in [-0.3, -0.25) is 24.1 Å². The standard InChI is InChI=1S/C26H25ClN6O/c27-21-5-3-19(4-6-21)25-23(33-16-22(18-1-2-18)29-15-24(33)30-25)17-31-11-13-32(14-12-31)26(34)20-7-9-28-10-8-20/h3-10,15-16,18H,1-2,11-14,17H2. The molecule has 0 unspecified atom stereocenters. The normalized spacial score (nSPS) is 16.8. The molecule has 6 rings (SSSR count). The quantitative estimate of drug-likeness (QED) is 0.433. The summed E-state index contributed by atoms with van der Waals surface area (Å²) in [6, 6.07) is 11.4. The van der Waals surface area contributed by atoms with Gasteiger partial charge >= 0.3 is 0 Å². The van der Waals surface area contributed by atoms with Crippen molar-refractivity contribution in [1.29, 1.82) is 0 Å². The van der Waals surface area contributed by atoms with E-state index in [1.807, 2.05) is 35.4 Å². The maximum atomic E-state index is 12.8. The monoisotopic (exact) mass is 472 g/mol. The molecule has 7 nitrogen and oxygen atoms in total. The molecule has 172 valence electrons. The molecule has 3 aromatic heterocycles. The molecule has 1 aliphatic heterocycles. The van der Waals surface area contributed by atoms with E-state index < -0.39 is 0 Å². The number of rotatable bonds is 5. The van der Waals surface area contributed by atoms with Gasteiger partial charge in [0.1, 0.15) is 0 Å². The molecule has 1 aliphatic carbocycles. The largest absolute Gasteiger partial charge is 0.336 e. The third-order valence-electron chi connectivity index (χ3n) is 6.70. The first-order valence-electron chi connectivity index (χ1n) is 11.7. The second-order valence-corrected chi connectivity index (χ2v) is 9.47. The van der Waals surface area contributed by atoms with Crippen molar-refractivity contribution in [3.05, 3.63) is 83.2 Å². The van der Waals surface area contributed by atoms with Gasteiger partial charge in [-0.2, -0.15) is 0 Å². The number of carbonyl (C=O) groups excluding carboxylic acids is 1. The lowest BCUT2D eigenvalue weighted by molar-refractivity contribution is 0.0627. The average Bonchev–Trinajstić information content (AvgIpc) is 3.68. The smallest absolute Gasteiger partial charge is 0.254 e. The molecule has 0 spiro atoms. The Bertz CT molecular complexity index is 1320. The molecule has 1 saturated heterocycles. The van der Waals surface area contributed by atoms with Crippen LogP contribution < -0.4 is 0 Å². The fourth-order valence-electron chi connectivity index (χ4n) is 4.60. The van der Waals surface area contributed by atoms with Crippen molar-refractivity contribution in [1.82, 2.24) is 29.2 Å². The van der Waals surface area contributed by atoms with Crippen molar-refractivity contribution in [3.63, 3.8) is 0 Å². The van der Waals surface area contributed by atoms with Crippen LogP contribution in [0.1, 0.15) is 40.5 Å². The lowest BCUT2D eigenvalue weighted by atomic mass is 10.1. The number of aromatic nitrogens is 4. The summed E-state index contributed by atoms with van der Waals surface area (Å²) in [5.41, 5.74) is 5.84. The highest BCUT2D eigenvalue weighted by atomic mass is 35.5. The maximum Gasteiger partial charge on any atom is 0.254 e. The Morgan fingerprint density at radius 2 is 1.74 bits per heavy atom. The minimum Gasteiger partial charge on any atom is -0.336 e. The zero-order chi connectivity index (χ0) is 23.1. The highest BCUT2D eigenvalue weighted by Gasteiger charge is 2.27. The van der Waals surface area contributed by atoms with Crippen LogP contribution >= 0.6 is 11.6 Å². The zero-order valence-electron chi connectivity index (χ0n) is 18.8. The molecule has 4 heterocycles. The van der Waals surface area contributed by atoms with Gasteiger partial charge in [-0.25, -0.2) is 4.98 Å². The average molecular weight is 473 g/mol. The molecule has 0 bridgehead atoms. The molecule has 2 fully saturated rings. The van der Waals surface area contributed by atoms with Gasteiger partial charge in [0, 0.05) is 73.4 Å². The molecular formula is C26H25ClN6O. The lowest BCUT2D eigenvalue weighted by Crippen LogP contribution is -2.48. The van der Waals surface area contributed by atoms with Crippen molar-refractivity contribution in [3.8, 4) is 11.3 Å². The van der Waals surface area contributed by atoms with Gasteiger partial charge in [0.25, 0.3) is 5.91 Å². The number of amides is 1. The van der Waals surface area contributed by atoms with Crippen LogP contribution in [0.4, 0.5) is 0 Å². The van der Waals surface area contributed by atoms with Crippen LogP contribution in [-0.4, -0.2) is 61.2 Å². The number of benzene rings is 1. The second-order valence-electron chi connectivity index (χ2n) is 9.03. The summed E-state index contributed by atoms with van der Waals surface area (Å²) < 4.78 is 2.21. The van der Waals surface area contributed by atoms with E-state index in [1.54, 1.807) is 24.5 Å². The Morgan fingerprint density at radius 3 is 2.44 bits per heavy atom. The van der Waals surface area contributed by atoms with E-state index in [0.29, 0.717) is 29.6 Å². The van der Waals surface area contributed by atoms with E-state index in [4.69, 9.17) is 16.6 Å². The third-order valence-corrected chi connectivity index (χ3v) is 6.95. The summed E-state index contributed by atoms with van der Waals surface area (Å²) >= 11 is 6.14. The van der Waals surface area contributed by atoms with Gasteiger partial charge in [0.2, 0.25) is 0 Å². The molecule has 1 amide bonds. The topological polar surface area (TPSA) is 66.6 Å². The highest BCUT2D eigenvalue weighted by molar-refractivity contribution is 6.30. The Morgan fingerprint density at radius 1 is 1.00 bits per heavy atom. The molecule has 0 N–H and O–H groups in total. The predicted molar refractivity (Wildman–Crippen MR) is 131 cm³/mol. The van der Waals surface area contributed by atoms with Crippen molar-refractivity contribution in [2.45, 2.75) is 25.3 Å². The SMILES string of the molecule is O=C(c1ccncc1)N1CCN(Cc2c(-c3ccc(Cl)cc3)nc3cnc(C4CC4)cn23)CC1. The molecule has 8 heteroatoms. The fraction of sp³-hybridized carbons (Fsp3) is 0.308. The van der Waals surface area contributed by atoms with Crippen LogP contribution in [0.25, 0.3) is 16.9 Å². The molecule has 34 heavy (non-hydrogen) atoms. The van der Waals surface area contributed by atoms with E-state index in [-0.39, 0.29) is 5.91 Å². The van der Waals surface area contributed by atoms with Gasteiger partial charge < -0.3 is 4.90 Å². The Hall–Kier alpha value is -3.29. The number of hydrogen-bond donors (Lipinski definition) is 0. The highest BCUT2D eigenvalue weighted by Crippen LogP contribution is 2.39. The van der Waals surface area contributed by atoms with Crippen LogP contribution in [0.15, 0.2) is 61.2 Å². The number of carbonyl (C=O) groups is 1. The Labute approximate surface area is 203 Å². The van der Waals surface area contributed by atoms with E-state index in [0.717, 1.165) is 47.9 Å². The van der Waals surface area contributed by atoms with Gasteiger partial charge in [-0.1, -0.05) is 23.7 Å². The number of pyridine rings is 1. The first-order valence-corrected chi connectivity index (χ1v) is 12.1. The molecule has 0 atom stereocenters. The van der Waals surface area contributed by atoms with Crippen LogP contribution in [0, 0.1) is 0 Å². The summed E-state index contributed by atoms with van der Waals surface area (Å²) in [6.07, 6.45) is 9.80. The summed E-state index contributed by atoms with van der Waals surface area (Å²) in [5, 5.41) is 0.710. The van der Waals surface area contributed by atoms with Crippen molar-refractivity contribution < 1.29 is 4.79 Å². The first-order chi connectivity index (χ1) is 16.7. The second kappa shape index (κ2) is 8.81. The van der Waals surface area contributed by atoms with Crippen LogP contribution in [-0.2, 0) is 6.54 Å². The molecular weight excluding hydrogens is 448 g/mol. The van der Waals surface area contributed by atoms with Crippen LogP contribution in [0.5, 0.6) is 0 Å². The van der Waals surface area contributed by atoms with E-state index in [9.17, 15) is 4.79 Å². The predicted octanol–water partition coefficient (Wildman–Crippen LogP) is 4.28. The molecule has 1 aromatic carbocycles. The van der Waals surface area contributed by atoms with Crippen molar-refractivity contribution in [2.75, 3.05) is 26.2 Å². The summed E-state index contributed by atoms with van der Waals surface area (Å²) in [4.78, 5) is 30.8. The summed E-state index contributed by atoms with van der Waals surface area (Å²) in [6.45, 7) is 3.77. The van der Waals surface area contributed by atoms with E-state index >= 15 is 0 Å². The number of halogens is 1. The number of imidazole rings is 1. The Balaban J connectivity index is 1.27. The fourth-order valence-corrected chi connectivity index (χ4v) is 4.72. The minimum atomic E-state index is 0.0684. The molecule has 4 aromatic rings. The van der Waals surface area contributed by atoms with Gasteiger partial charge in [0.15, 0.2) is 5.65 Å². The maximum absolute atomic E-state index is 12.8.